The number of fused-ring (bicyclic) bond motifs is 1. The summed E-state index contributed by atoms with van der Waals surface area (Å²) in [6.07, 6.45) is 0. The molecular weight excluding hydrogens is 312 g/mol. The SMILES string of the molecule is Cc1ccc(OCc2nc3ccc(Cl)cc3n2CCO)c(C)c1. The van der Waals surface area contributed by atoms with E-state index in [9.17, 15) is 5.11 Å². The maximum Gasteiger partial charge on any atom is 0.148 e. The van der Waals surface area contributed by atoms with Gasteiger partial charge in [-0.3, -0.25) is 0 Å². The first-order valence-corrected chi connectivity index (χ1v) is 7.92. The maximum atomic E-state index is 9.33. The molecule has 5 heteroatoms. The van der Waals surface area contributed by atoms with Crippen molar-refractivity contribution in [1.29, 1.82) is 0 Å². The topological polar surface area (TPSA) is 47.3 Å². The van der Waals surface area contributed by atoms with E-state index < -0.39 is 0 Å². The fourth-order valence-electron chi connectivity index (χ4n) is 2.71. The van der Waals surface area contributed by atoms with E-state index in [1.807, 2.05) is 41.8 Å². The van der Waals surface area contributed by atoms with Gasteiger partial charge in [-0.05, 0) is 43.7 Å². The van der Waals surface area contributed by atoms with E-state index >= 15 is 0 Å². The van der Waals surface area contributed by atoms with E-state index in [0.717, 1.165) is 28.2 Å². The Bertz CT molecular complexity index is 842. The highest BCUT2D eigenvalue weighted by Crippen LogP contribution is 2.23. The molecule has 0 radical (unpaired) electrons. The molecule has 3 aromatic rings. The normalized spacial score (nSPS) is 11.1. The van der Waals surface area contributed by atoms with Crippen LogP contribution in [-0.4, -0.2) is 21.3 Å². The largest absolute Gasteiger partial charge is 0.485 e. The van der Waals surface area contributed by atoms with Gasteiger partial charge in [-0.1, -0.05) is 29.3 Å². The van der Waals surface area contributed by atoms with Crippen molar-refractivity contribution in [2.45, 2.75) is 27.0 Å². The van der Waals surface area contributed by atoms with Crippen LogP contribution in [0.1, 0.15) is 17.0 Å². The summed E-state index contributed by atoms with van der Waals surface area (Å²) in [4.78, 5) is 4.60. The maximum absolute atomic E-state index is 9.33. The minimum atomic E-state index is 0.0362. The van der Waals surface area contributed by atoms with Gasteiger partial charge >= 0.3 is 0 Å². The van der Waals surface area contributed by atoms with Crippen molar-refractivity contribution >= 4 is 22.6 Å². The predicted molar refractivity (Wildman–Crippen MR) is 92.1 cm³/mol. The Balaban J connectivity index is 1.91. The molecule has 0 saturated heterocycles. The van der Waals surface area contributed by atoms with Gasteiger partial charge in [0.25, 0.3) is 0 Å². The molecule has 0 fully saturated rings. The number of halogens is 1. The van der Waals surface area contributed by atoms with Gasteiger partial charge in [0.1, 0.15) is 18.2 Å². The lowest BCUT2D eigenvalue weighted by Gasteiger charge is -2.11. The zero-order valence-corrected chi connectivity index (χ0v) is 14.0. The minimum absolute atomic E-state index is 0.0362. The number of nitrogens with zero attached hydrogens (tertiary/aromatic N) is 2. The summed E-state index contributed by atoms with van der Waals surface area (Å²) in [5.74, 6) is 1.62. The van der Waals surface area contributed by atoms with Gasteiger partial charge in [0, 0.05) is 11.6 Å². The van der Waals surface area contributed by atoms with E-state index in [2.05, 4.69) is 18.0 Å². The number of aliphatic hydroxyl groups is 1. The third-order valence-electron chi connectivity index (χ3n) is 3.80. The summed E-state index contributed by atoms with van der Waals surface area (Å²) in [5.41, 5.74) is 4.06. The molecule has 0 aliphatic heterocycles. The van der Waals surface area contributed by atoms with E-state index in [4.69, 9.17) is 16.3 Å². The Morgan fingerprint density at radius 2 is 2.00 bits per heavy atom. The fourth-order valence-corrected chi connectivity index (χ4v) is 2.88. The van der Waals surface area contributed by atoms with Crippen LogP contribution in [0.3, 0.4) is 0 Å². The van der Waals surface area contributed by atoms with Crippen LogP contribution >= 0.6 is 11.6 Å². The van der Waals surface area contributed by atoms with Gasteiger partial charge in [0.05, 0.1) is 17.6 Å². The number of benzene rings is 2. The molecule has 0 atom stereocenters. The molecular formula is C18H19ClN2O2. The number of aromatic nitrogens is 2. The molecule has 120 valence electrons. The first kappa shape index (κ1) is 15.8. The highest BCUT2D eigenvalue weighted by atomic mass is 35.5. The number of hydrogen-bond acceptors (Lipinski definition) is 3. The van der Waals surface area contributed by atoms with Crippen LogP contribution < -0.4 is 4.74 Å². The molecule has 0 saturated carbocycles. The number of imidazole rings is 1. The van der Waals surface area contributed by atoms with Crippen LogP contribution in [-0.2, 0) is 13.2 Å². The molecule has 1 N–H and O–H groups in total. The highest BCUT2D eigenvalue weighted by molar-refractivity contribution is 6.31. The Morgan fingerprint density at radius 1 is 1.17 bits per heavy atom. The first-order chi connectivity index (χ1) is 11.1. The monoisotopic (exact) mass is 330 g/mol. The standard InChI is InChI=1S/C18H19ClN2O2/c1-12-3-6-17(13(2)9-12)23-11-18-20-15-5-4-14(19)10-16(15)21(18)7-8-22/h3-6,9-10,22H,7-8,11H2,1-2H3. The van der Waals surface area contributed by atoms with Crippen LogP contribution in [0.25, 0.3) is 11.0 Å². The lowest BCUT2D eigenvalue weighted by Crippen LogP contribution is -2.10. The van der Waals surface area contributed by atoms with Crippen molar-refractivity contribution in [3.05, 3.63) is 58.4 Å². The zero-order valence-electron chi connectivity index (χ0n) is 13.2. The van der Waals surface area contributed by atoms with Crippen LogP contribution in [0.2, 0.25) is 5.02 Å². The average Bonchev–Trinajstić information content (AvgIpc) is 2.84. The Morgan fingerprint density at radius 3 is 2.74 bits per heavy atom. The van der Waals surface area contributed by atoms with Gasteiger partial charge < -0.3 is 14.4 Å². The van der Waals surface area contributed by atoms with Crippen molar-refractivity contribution in [1.82, 2.24) is 9.55 Å². The van der Waals surface area contributed by atoms with Gasteiger partial charge in [-0.2, -0.15) is 0 Å². The summed E-state index contributed by atoms with van der Waals surface area (Å²) >= 11 is 6.07. The lowest BCUT2D eigenvalue weighted by molar-refractivity contribution is 0.260. The average molecular weight is 331 g/mol. The molecule has 0 bridgehead atoms. The molecule has 1 heterocycles. The molecule has 0 unspecified atom stereocenters. The molecule has 0 aliphatic rings. The summed E-state index contributed by atoms with van der Waals surface area (Å²) in [6, 6.07) is 11.6. The van der Waals surface area contributed by atoms with Crippen molar-refractivity contribution in [3.63, 3.8) is 0 Å². The Kier molecular flexibility index (Phi) is 4.55. The van der Waals surface area contributed by atoms with Gasteiger partial charge in [-0.15, -0.1) is 0 Å². The van der Waals surface area contributed by atoms with Gasteiger partial charge in [0.15, 0.2) is 0 Å². The first-order valence-electron chi connectivity index (χ1n) is 7.54. The lowest BCUT2D eigenvalue weighted by atomic mass is 10.1. The summed E-state index contributed by atoms with van der Waals surface area (Å²) in [7, 11) is 0. The third kappa shape index (κ3) is 3.33. The van der Waals surface area contributed by atoms with Crippen molar-refractivity contribution in [3.8, 4) is 5.75 Å². The molecule has 23 heavy (non-hydrogen) atoms. The van der Waals surface area contributed by atoms with Gasteiger partial charge in [-0.25, -0.2) is 4.98 Å². The second-order valence-corrected chi connectivity index (χ2v) is 6.03. The van der Waals surface area contributed by atoms with E-state index in [1.165, 1.54) is 5.56 Å². The van der Waals surface area contributed by atoms with E-state index in [0.29, 0.717) is 18.2 Å². The van der Waals surface area contributed by atoms with Crippen LogP contribution in [0, 0.1) is 13.8 Å². The van der Waals surface area contributed by atoms with Gasteiger partial charge in [0.2, 0.25) is 0 Å². The van der Waals surface area contributed by atoms with Crippen molar-refractivity contribution in [2.24, 2.45) is 0 Å². The van der Waals surface area contributed by atoms with E-state index in [1.54, 1.807) is 0 Å². The van der Waals surface area contributed by atoms with Crippen molar-refractivity contribution < 1.29 is 9.84 Å². The molecule has 4 nitrogen and oxygen atoms in total. The van der Waals surface area contributed by atoms with Crippen LogP contribution in [0.4, 0.5) is 0 Å². The van der Waals surface area contributed by atoms with Crippen LogP contribution in [0.5, 0.6) is 5.75 Å². The molecule has 1 aromatic heterocycles. The second kappa shape index (κ2) is 6.60. The summed E-state index contributed by atoms with van der Waals surface area (Å²) in [6.45, 7) is 4.92. The second-order valence-electron chi connectivity index (χ2n) is 5.59. The smallest absolute Gasteiger partial charge is 0.148 e. The third-order valence-corrected chi connectivity index (χ3v) is 4.04. The Labute approximate surface area is 140 Å². The number of aryl methyl sites for hydroxylation is 2. The summed E-state index contributed by atoms with van der Waals surface area (Å²) in [5, 5.41) is 9.98. The molecule has 0 aliphatic carbocycles. The molecule has 0 spiro atoms. The predicted octanol–water partition coefficient (Wildman–Crippen LogP) is 3.88. The van der Waals surface area contributed by atoms with Crippen LogP contribution in [0.15, 0.2) is 36.4 Å². The van der Waals surface area contributed by atoms with E-state index in [-0.39, 0.29) is 6.61 Å². The Hall–Kier alpha value is -2.04. The number of aliphatic hydroxyl groups excluding tert-OH is 1. The molecule has 0 amide bonds. The number of rotatable bonds is 5. The fraction of sp³-hybridized carbons (Fsp3) is 0.278. The number of hydrogen-bond donors (Lipinski definition) is 1. The molecule has 3 rings (SSSR count). The quantitative estimate of drug-likeness (QED) is 0.772. The minimum Gasteiger partial charge on any atom is -0.485 e. The van der Waals surface area contributed by atoms with Crippen molar-refractivity contribution in [2.75, 3.05) is 6.61 Å². The molecule has 2 aromatic carbocycles. The zero-order chi connectivity index (χ0) is 16.4. The summed E-state index contributed by atoms with van der Waals surface area (Å²) < 4.78 is 7.88. The highest BCUT2D eigenvalue weighted by Gasteiger charge is 2.12. The number of ether oxygens (including phenoxy) is 1.